The zero-order valence-corrected chi connectivity index (χ0v) is 11.2. The highest BCUT2D eigenvalue weighted by atomic mass is 16.5. The number of nitrogens with zero attached hydrogens (tertiary/aromatic N) is 2. The molecule has 0 unspecified atom stereocenters. The molecule has 2 aromatic rings. The van der Waals surface area contributed by atoms with Gasteiger partial charge in [0.2, 0.25) is 0 Å². The predicted octanol–water partition coefficient (Wildman–Crippen LogP) is 2.26. The summed E-state index contributed by atoms with van der Waals surface area (Å²) in [5, 5.41) is 8.76. The van der Waals surface area contributed by atoms with Crippen LogP contribution in [0.2, 0.25) is 0 Å². The second-order valence-electron chi connectivity index (χ2n) is 4.49. The van der Waals surface area contributed by atoms with Crippen LogP contribution >= 0.6 is 0 Å². The van der Waals surface area contributed by atoms with Crippen molar-refractivity contribution in [3.05, 3.63) is 35.8 Å². The molecule has 100 valence electrons. The summed E-state index contributed by atoms with van der Waals surface area (Å²) in [6.45, 7) is 3.88. The Labute approximate surface area is 111 Å². The fraction of sp³-hybridized carbons (Fsp3) is 0.286. The number of rotatable bonds is 4. The number of carboxylic acid groups (broad SMARTS) is 1. The van der Waals surface area contributed by atoms with Crippen molar-refractivity contribution in [3.8, 4) is 17.0 Å². The highest BCUT2D eigenvalue weighted by Gasteiger charge is 2.12. The molecule has 5 heteroatoms. The van der Waals surface area contributed by atoms with E-state index in [9.17, 15) is 4.79 Å². The summed E-state index contributed by atoms with van der Waals surface area (Å²) in [6.07, 6.45) is 3.23. The van der Waals surface area contributed by atoms with Gasteiger partial charge in [-0.05, 0) is 31.0 Å². The van der Waals surface area contributed by atoms with Crippen molar-refractivity contribution in [1.29, 1.82) is 0 Å². The van der Waals surface area contributed by atoms with Gasteiger partial charge in [-0.3, -0.25) is 4.79 Å². The Bertz CT molecular complexity index is 617. The van der Waals surface area contributed by atoms with E-state index < -0.39 is 5.97 Å². The van der Waals surface area contributed by atoms with Crippen molar-refractivity contribution in [2.75, 3.05) is 7.11 Å². The van der Waals surface area contributed by atoms with E-state index in [1.54, 1.807) is 13.3 Å². The lowest BCUT2D eigenvalue weighted by atomic mass is 10.0. The topological polar surface area (TPSA) is 64.3 Å². The number of carbonyl (C=O) groups is 1. The lowest BCUT2D eigenvalue weighted by molar-refractivity contribution is -0.137. The minimum atomic E-state index is -0.892. The summed E-state index contributed by atoms with van der Waals surface area (Å²) in [5.74, 6) is -0.123. The quantitative estimate of drug-likeness (QED) is 0.915. The summed E-state index contributed by atoms with van der Waals surface area (Å²) in [4.78, 5) is 14.9. The van der Waals surface area contributed by atoms with Gasteiger partial charge in [0.15, 0.2) is 0 Å². The second kappa shape index (κ2) is 5.14. The van der Waals surface area contributed by atoms with Crippen molar-refractivity contribution in [2.24, 2.45) is 0 Å². The summed E-state index contributed by atoms with van der Waals surface area (Å²) in [5.41, 5.74) is 3.74. The molecule has 0 saturated heterocycles. The first-order chi connectivity index (χ1) is 9.01. The van der Waals surface area contributed by atoms with Crippen LogP contribution in [0.3, 0.4) is 0 Å². The van der Waals surface area contributed by atoms with Crippen molar-refractivity contribution >= 4 is 5.97 Å². The summed E-state index contributed by atoms with van der Waals surface area (Å²) < 4.78 is 6.95. The summed E-state index contributed by atoms with van der Waals surface area (Å²) in [7, 11) is 1.62. The molecule has 0 fully saturated rings. The van der Waals surface area contributed by atoms with Crippen LogP contribution < -0.4 is 4.74 Å². The zero-order chi connectivity index (χ0) is 14.0. The first kappa shape index (κ1) is 13.1. The molecule has 2 rings (SSSR count). The molecule has 0 spiro atoms. The van der Waals surface area contributed by atoms with Gasteiger partial charge in [0.05, 0.1) is 19.1 Å². The van der Waals surface area contributed by atoms with Crippen molar-refractivity contribution in [2.45, 2.75) is 20.4 Å². The number of hydrogen-bond donors (Lipinski definition) is 1. The van der Waals surface area contributed by atoms with E-state index in [0.29, 0.717) is 5.69 Å². The number of benzene rings is 1. The normalized spacial score (nSPS) is 10.5. The van der Waals surface area contributed by atoms with Crippen LogP contribution in [-0.4, -0.2) is 27.7 Å². The van der Waals surface area contributed by atoms with Gasteiger partial charge in [-0.25, -0.2) is 4.98 Å². The van der Waals surface area contributed by atoms with Gasteiger partial charge in [-0.15, -0.1) is 0 Å². The zero-order valence-electron chi connectivity index (χ0n) is 11.2. The Hall–Kier alpha value is -2.30. The molecule has 0 aliphatic rings. The number of carboxylic acids is 1. The highest BCUT2D eigenvalue weighted by molar-refractivity contribution is 5.70. The largest absolute Gasteiger partial charge is 0.496 e. The fourth-order valence-electron chi connectivity index (χ4n) is 2.16. The van der Waals surface area contributed by atoms with E-state index in [4.69, 9.17) is 9.84 Å². The Balaban J connectivity index is 2.46. The van der Waals surface area contributed by atoms with Gasteiger partial charge in [-0.2, -0.15) is 0 Å². The maximum absolute atomic E-state index is 10.7. The van der Waals surface area contributed by atoms with Gasteiger partial charge >= 0.3 is 5.97 Å². The SMILES string of the molecule is COc1c(C)cc(C)cc1-c1cn(CC(=O)O)cn1. The number of aromatic nitrogens is 2. The predicted molar refractivity (Wildman–Crippen MR) is 71.3 cm³/mol. The molecule has 19 heavy (non-hydrogen) atoms. The number of hydrogen-bond acceptors (Lipinski definition) is 3. The van der Waals surface area contributed by atoms with E-state index in [-0.39, 0.29) is 6.54 Å². The third kappa shape index (κ3) is 2.76. The van der Waals surface area contributed by atoms with Crippen LogP contribution in [0.25, 0.3) is 11.3 Å². The Morgan fingerprint density at radius 3 is 2.79 bits per heavy atom. The molecule has 1 heterocycles. The van der Waals surface area contributed by atoms with Crippen LogP contribution in [0.1, 0.15) is 11.1 Å². The molecule has 0 saturated carbocycles. The van der Waals surface area contributed by atoms with Gasteiger partial charge < -0.3 is 14.4 Å². The third-order valence-corrected chi connectivity index (χ3v) is 2.85. The number of ether oxygens (including phenoxy) is 1. The maximum atomic E-state index is 10.7. The van der Waals surface area contributed by atoms with Crippen molar-refractivity contribution < 1.29 is 14.6 Å². The average molecular weight is 260 g/mol. The third-order valence-electron chi connectivity index (χ3n) is 2.85. The van der Waals surface area contributed by atoms with E-state index in [1.807, 2.05) is 26.0 Å². The number of imidazole rings is 1. The van der Waals surface area contributed by atoms with Crippen LogP contribution in [0.15, 0.2) is 24.7 Å². The Kier molecular flexibility index (Phi) is 3.55. The molecular weight excluding hydrogens is 244 g/mol. The van der Waals surface area contributed by atoms with Crippen molar-refractivity contribution in [3.63, 3.8) is 0 Å². The Morgan fingerprint density at radius 2 is 2.16 bits per heavy atom. The van der Waals surface area contributed by atoms with Crippen LogP contribution in [0, 0.1) is 13.8 Å². The van der Waals surface area contributed by atoms with Gasteiger partial charge in [-0.1, -0.05) is 6.07 Å². The molecule has 0 amide bonds. The first-order valence-electron chi connectivity index (χ1n) is 5.90. The van der Waals surface area contributed by atoms with Crippen LogP contribution in [-0.2, 0) is 11.3 Å². The molecule has 5 nitrogen and oxygen atoms in total. The lowest BCUT2D eigenvalue weighted by Crippen LogP contribution is -2.06. The van der Waals surface area contributed by atoms with E-state index in [2.05, 4.69) is 4.98 Å². The van der Waals surface area contributed by atoms with E-state index in [0.717, 1.165) is 22.4 Å². The maximum Gasteiger partial charge on any atom is 0.323 e. The molecule has 1 aromatic heterocycles. The highest BCUT2D eigenvalue weighted by Crippen LogP contribution is 2.32. The van der Waals surface area contributed by atoms with Crippen LogP contribution in [0.5, 0.6) is 5.75 Å². The molecule has 0 radical (unpaired) electrons. The van der Waals surface area contributed by atoms with Crippen molar-refractivity contribution in [1.82, 2.24) is 9.55 Å². The minimum absolute atomic E-state index is 0.0971. The first-order valence-corrected chi connectivity index (χ1v) is 5.90. The second-order valence-corrected chi connectivity index (χ2v) is 4.49. The van der Waals surface area contributed by atoms with Gasteiger partial charge in [0.1, 0.15) is 12.3 Å². The Morgan fingerprint density at radius 1 is 1.42 bits per heavy atom. The molecule has 1 aromatic carbocycles. The summed E-state index contributed by atoms with van der Waals surface area (Å²) in [6, 6.07) is 4.02. The van der Waals surface area contributed by atoms with Crippen LogP contribution in [0.4, 0.5) is 0 Å². The molecule has 0 bridgehead atoms. The standard InChI is InChI=1S/C14H16N2O3/c1-9-4-10(2)14(19-3)11(5-9)12-6-16(8-15-12)7-13(17)18/h4-6,8H,7H2,1-3H3,(H,17,18). The lowest BCUT2D eigenvalue weighted by Gasteiger charge is -2.11. The molecule has 1 N–H and O–H groups in total. The number of aryl methyl sites for hydroxylation is 2. The van der Waals surface area contributed by atoms with E-state index in [1.165, 1.54) is 10.9 Å². The average Bonchev–Trinajstić information content (AvgIpc) is 2.75. The number of methoxy groups -OCH3 is 1. The van der Waals surface area contributed by atoms with E-state index >= 15 is 0 Å². The molecule has 0 atom stereocenters. The summed E-state index contributed by atoms with van der Waals surface area (Å²) >= 11 is 0. The van der Waals surface area contributed by atoms with Gasteiger partial charge in [0.25, 0.3) is 0 Å². The molecule has 0 aliphatic carbocycles. The molecular formula is C14H16N2O3. The minimum Gasteiger partial charge on any atom is -0.496 e. The smallest absolute Gasteiger partial charge is 0.323 e. The number of aliphatic carboxylic acids is 1. The fourth-order valence-corrected chi connectivity index (χ4v) is 2.16. The van der Waals surface area contributed by atoms with Gasteiger partial charge in [0, 0.05) is 11.8 Å². The molecule has 0 aliphatic heterocycles. The monoisotopic (exact) mass is 260 g/mol.